The van der Waals surface area contributed by atoms with Crippen LogP contribution in [0, 0.1) is 0 Å². The van der Waals surface area contributed by atoms with E-state index in [1.807, 2.05) is 0 Å². The predicted octanol–water partition coefficient (Wildman–Crippen LogP) is -1.51. The highest BCUT2D eigenvalue weighted by Crippen LogP contribution is 2.38. The van der Waals surface area contributed by atoms with Gasteiger partial charge in [0, 0.05) is 20.8 Å². The van der Waals surface area contributed by atoms with Crippen molar-refractivity contribution in [1.82, 2.24) is 5.32 Å². The van der Waals surface area contributed by atoms with Gasteiger partial charge in [-0.25, -0.2) is 0 Å². The second kappa shape index (κ2) is 11.0. The molecular formula is C14H20BrNO12P-. The second-order valence-electron chi connectivity index (χ2n) is 5.79. The van der Waals surface area contributed by atoms with E-state index in [2.05, 4.69) is 25.8 Å². The molecule has 15 heteroatoms. The van der Waals surface area contributed by atoms with E-state index in [0.29, 0.717) is 0 Å². The molecule has 29 heavy (non-hydrogen) atoms. The molecule has 1 heterocycles. The Morgan fingerprint density at radius 3 is 2.10 bits per heavy atom. The minimum atomic E-state index is -5.39. The number of amides is 1. The van der Waals surface area contributed by atoms with Crippen molar-refractivity contribution < 1.29 is 57.0 Å². The number of rotatable bonds is 8. The van der Waals surface area contributed by atoms with E-state index in [9.17, 15) is 28.6 Å². The Labute approximate surface area is 173 Å². The van der Waals surface area contributed by atoms with Gasteiger partial charge in [-0.1, -0.05) is 15.9 Å². The van der Waals surface area contributed by atoms with E-state index in [0.717, 1.165) is 20.8 Å². The van der Waals surface area contributed by atoms with Gasteiger partial charge in [-0.05, 0) is 0 Å². The van der Waals surface area contributed by atoms with Crippen LogP contribution in [0.1, 0.15) is 20.8 Å². The molecule has 1 aliphatic rings. The third-order valence-corrected chi connectivity index (χ3v) is 4.37. The van der Waals surface area contributed by atoms with Gasteiger partial charge in [-0.2, -0.15) is 0 Å². The van der Waals surface area contributed by atoms with Crippen LogP contribution in [0.15, 0.2) is 0 Å². The molecule has 0 saturated carbocycles. The van der Waals surface area contributed by atoms with Crippen molar-refractivity contribution >= 4 is 47.6 Å². The number of alkyl halides is 1. The van der Waals surface area contributed by atoms with Crippen LogP contribution in [0.2, 0.25) is 0 Å². The monoisotopic (exact) mass is 504 g/mol. The highest BCUT2D eigenvalue weighted by atomic mass is 79.9. The standard InChI is InChI=1S/C14H21BrNO12P/c1-6(17)24-5-9-12(25-7(2)18)13(26-8(3)19)11(16-10(20)4-15)14(27-9)28-29(21,22)23/h9,11-14H,4-5H2,1-3H3,(H,16,20)(H2,21,22,23)/p-1/t9?,11?,12-,13?,14-/m1/s1. The zero-order valence-corrected chi connectivity index (χ0v) is 18.0. The molecule has 4 unspecified atom stereocenters. The third kappa shape index (κ3) is 8.76. The average Bonchev–Trinajstić information content (AvgIpc) is 2.56. The van der Waals surface area contributed by atoms with Gasteiger partial charge in [-0.3, -0.25) is 28.3 Å². The highest BCUT2D eigenvalue weighted by Gasteiger charge is 2.52. The number of nitrogens with one attached hydrogen (secondary N) is 1. The summed E-state index contributed by atoms with van der Waals surface area (Å²) in [7, 11) is -5.39. The van der Waals surface area contributed by atoms with Gasteiger partial charge >= 0.3 is 17.9 Å². The van der Waals surface area contributed by atoms with Gasteiger partial charge in [-0.15, -0.1) is 0 Å². The summed E-state index contributed by atoms with van der Waals surface area (Å²) in [5.41, 5.74) is 0. The van der Waals surface area contributed by atoms with Crippen LogP contribution in [0.25, 0.3) is 0 Å². The van der Waals surface area contributed by atoms with E-state index >= 15 is 0 Å². The predicted molar refractivity (Wildman–Crippen MR) is 93.0 cm³/mol. The Hall–Kier alpha value is -1.57. The average molecular weight is 505 g/mol. The lowest BCUT2D eigenvalue weighted by Crippen LogP contribution is -2.66. The number of halogens is 1. The molecule has 2 N–H and O–H groups in total. The lowest BCUT2D eigenvalue weighted by atomic mass is 9.96. The van der Waals surface area contributed by atoms with Gasteiger partial charge < -0.3 is 34.1 Å². The van der Waals surface area contributed by atoms with Crippen molar-refractivity contribution in [3.8, 4) is 0 Å². The first-order chi connectivity index (χ1) is 13.3. The Morgan fingerprint density at radius 2 is 1.66 bits per heavy atom. The Balaban J connectivity index is 3.37. The molecule has 0 bridgehead atoms. The zero-order valence-electron chi connectivity index (χ0n) is 15.6. The van der Waals surface area contributed by atoms with Gasteiger partial charge in [0.25, 0.3) is 7.82 Å². The summed E-state index contributed by atoms with van der Waals surface area (Å²) in [6, 6.07) is -1.52. The van der Waals surface area contributed by atoms with Gasteiger partial charge in [0.05, 0.1) is 5.33 Å². The molecule has 1 amide bonds. The minimum absolute atomic E-state index is 0.230. The van der Waals surface area contributed by atoms with Crippen LogP contribution in [-0.2, 0) is 47.2 Å². The molecule has 1 rings (SSSR count). The number of hydrogen-bond acceptors (Lipinski definition) is 11. The molecule has 0 spiro atoms. The molecule has 0 aromatic carbocycles. The van der Waals surface area contributed by atoms with E-state index in [4.69, 9.17) is 23.8 Å². The number of esters is 3. The van der Waals surface area contributed by atoms with Crippen LogP contribution >= 0.6 is 23.8 Å². The van der Waals surface area contributed by atoms with Crippen molar-refractivity contribution in [2.75, 3.05) is 11.9 Å². The molecule has 1 fully saturated rings. The smallest absolute Gasteiger partial charge is 0.303 e. The first kappa shape index (κ1) is 25.5. The van der Waals surface area contributed by atoms with Crippen molar-refractivity contribution in [3.05, 3.63) is 0 Å². The number of ether oxygens (including phenoxy) is 4. The van der Waals surface area contributed by atoms with Gasteiger partial charge in [0.15, 0.2) is 18.5 Å². The molecule has 0 aromatic rings. The maximum absolute atomic E-state index is 11.9. The molecule has 1 aliphatic heterocycles. The zero-order chi connectivity index (χ0) is 22.4. The fourth-order valence-corrected chi connectivity index (χ4v) is 3.11. The molecule has 6 atom stereocenters. The van der Waals surface area contributed by atoms with Crippen LogP contribution in [0.5, 0.6) is 0 Å². The van der Waals surface area contributed by atoms with Gasteiger partial charge in [0.2, 0.25) is 5.91 Å². The topological polar surface area (TPSA) is 187 Å². The van der Waals surface area contributed by atoms with Crippen molar-refractivity contribution in [2.45, 2.75) is 51.4 Å². The lowest BCUT2D eigenvalue weighted by molar-refractivity contribution is -0.285. The molecule has 13 nitrogen and oxygen atoms in total. The SMILES string of the molecule is CC(=O)OCC1O[C@H](OP(=O)([O-])O)C(NC(=O)CBr)C(OC(C)=O)[C@@H]1OC(C)=O. The minimum Gasteiger partial charge on any atom is -0.756 e. The Bertz CT molecular complexity index is 682. The van der Waals surface area contributed by atoms with E-state index < -0.39 is 68.9 Å². The summed E-state index contributed by atoms with van der Waals surface area (Å²) >= 11 is 2.89. The molecule has 0 aliphatic carbocycles. The van der Waals surface area contributed by atoms with Crippen molar-refractivity contribution in [2.24, 2.45) is 0 Å². The van der Waals surface area contributed by atoms with E-state index in [1.54, 1.807) is 0 Å². The van der Waals surface area contributed by atoms with Crippen molar-refractivity contribution in [3.63, 3.8) is 0 Å². The molecule has 1 saturated heterocycles. The maximum atomic E-state index is 11.9. The first-order valence-corrected chi connectivity index (χ1v) is 10.7. The molecule has 0 aromatic heterocycles. The summed E-state index contributed by atoms with van der Waals surface area (Å²) in [5.74, 6) is -3.12. The van der Waals surface area contributed by atoms with Crippen LogP contribution < -0.4 is 10.2 Å². The number of phosphoric ester groups is 1. The Morgan fingerprint density at radius 1 is 1.10 bits per heavy atom. The molecular weight excluding hydrogens is 485 g/mol. The first-order valence-electron chi connectivity index (χ1n) is 8.04. The lowest BCUT2D eigenvalue weighted by Gasteiger charge is -2.45. The summed E-state index contributed by atoms with van der Waals surface area (Å²) in [6.07, 6.45) is -6.19. The molecule has 166 valence electrons. The van der Waals surface area contributed by atoms with E-state index in [1.165, 1.54) is 0 Å². The summed E-state index contributed by atoms with van der Waals surface area (Å²) in [4.78, 5) is 66.4. The third-order valence-electron chi connectivity index (χ3n) is 3.39. The second-order valence-corrected chi connectivity index (χ2v) is 7.50. The fourth-order valence-electron chi connectivity index (χ4n) is 2.50. The van der Waals surface area contributed by atoms with E-state index in [-0.39, 0.29) is 5.33 Å². The highest BCUT2D eigenvalue weighted by molar-refractivity contribution is 9.09. The van der Waals surface area contributed by atoms with Crippen LogP contribution in [0.3, 0.4) is 0 Å². The largest absolute Gasteiger partial charge is 0.756 e. The van der Waals surface area contributed by atoms with Gasteiger partial charge in [0.1, 0.15) is 18.8 Å². The summed E-state index contributed by atoms with van der Waals surface area (Å²) in [5, 5.41) is 2.07. The number of carbonyl (C=O) groups is 4. The fraction of sp³-hybridized carbons (Fsp3) is 0.714. The van der Waals surface area contributed by atoms with Crippen LogP contribution in [0.4, 0.5) is 0 Å². The molecule has 0 radical (unpaired) electrons. The Kier molecular flexibility index (Phi) is 9.65. The summed E-state index contributed by atoms with van der Waals surface area (Å²) < 4.78 is 36.1. The quantitative estimate of drug-likeness (QED) is 0.168. The normalized spacial score (nSPS) is 28.6. The number of carbonyl (C=O) groups excluding carboxylic acids is 4. The summed E-state index contributed by atoms with van der Waals surface area (Å²) in [6.45, 7) is 2.60. The maximum Gasteiger partial charge on any atom is 0.303 e. The number of hydrogen-bond donors (Lipinski definition) is 2. The van der Waals surface area contributed by atoms with Crippen LogP contribution in [-0.4, -0.2) is 71.3 Å². The van der Waals surface area contributed by atoms with Crippen molar-refractivity contribution in [1.29, 1.82) is 0 Å². The number of phosphoric acid groups is 1.